The van der Waals surface area contributed by atoms with E-state index >= 15 is 0 Å². The van der Waals surface area contributed by atoms with Crippen molar-refractivity contribution in [2.75, 3.05) is 6.54 Å². The molecule has 0 aromatic carbocycles. The summed E-state index contributed by atoms with van der Waals surface area (Å²) >= 11 is 1.44. The van der Waals surface area contributed by atoms with E-state index in [2.05, 4.69) is 10.3 Å². The molecule has 1 fully saturated rings. The topological polar surface area (TPSA) is 68.0 Å². The maximum absolute atomic E-state index is 11.6. The Kier molecular flexibility index (Phi) is 3.90. The van der Waals surface area contributed by atoms with Crippen molar-refractivity contribution in [3.63, 3.8) is 0 Å². The number of thiazole rings is 1. The van der Waals surface area contributed by atoms with Gasteiger partial charge in [0.1, 0.15) is 10.7 Å². The van der Waals surface area contributed by atoms with Gasteiger partial charge in [-0.15, -0.1) is 11.3 Å². The van der Waals surface area contributed by atoms with Gasteiger partial charge in [0.05, 0.1) is 0 Å². The highest BCUT2D eigenvalue weighted by Crippen LogP contribution is 2.33. The molecule has 5 heteroatoms. The van der Waals surface area contributed by atoms with Crippen molar-refractivity contribution >= 4 is 17.2 Å². The first-order valence-electron chi connectivity index (χ1n) is 5.72. The van der Waals surface area contributed by atoms with Gasteiger partial charge < -0.3 is 11.1 Å². The number of nitrogens with two attached hydrogens (primary N) is 1. The van der Waals surface area contributed by atoms with Gasteiger partial charge >= 0.3 is 0 Å². The first-order chi connectivity index (χ1) is 7.79. The largest absolute Gasteiger partial charge is 0.351 e. The van der Waals surface area contributed by atoms with Gasteiger partial charge in [-0.3, -0.25) is 4.79 Å². The van der Waals surface area contributed by atoms with Crippen molar-refractivity contribution in [2.24, 2.45) is 11.7 Å². The molecule has 0 aliphatic heterocycles. The molecule has 1 aliphatic carbocycles. The van der Waals surface area contributed by atoms with E-state index in [1.54, 1.807) is 5.38 Å². The van der Waals surface area contributed by atoms with Gasteiger partial charge in [-0.1, -0.05) is 12.8 Å². The Morgan fingerprint density at radius 3 is 3.06 bits per heavy atom. The third-order valence-electron chi connectivity index (χ3n) is 2.73. The van der Waals surface area contributed by atoms with Crippen molar-refractivity contribution in [2.45, 2.75) is 32.2 Å². The van der Waals surface area contributed by atoms with Crippen LogP contribution in [-0.2, 0) is 6.54 Å². The number of carbonyl (C=O) groups excluding carboxylic acids is 1. The zero-order valence-corrected chi connectivity index (χ0v) is 10.1. The molecule has 0 unspecified atom stereocenters. The van der Waals surface area contributed by atoms with Crippen LogP contribution in [0.5, 0.6) is 0 Å². The minimum Gasteiger partial charge on any atom is -0.351 e. The quantitative estimate of drug-likeness (QED) is 0.740. The highest BCUT2D eigenvalue weighted by molar-refractivity contribution is 7.09. The van der Waals surface area contributed by atoms with Crippen LogP contribution in [0.4, 0.5) is 0 Å². The standard InChI is InChI=1S/C11H17N3OS/c12-6-10-14-9(7-16-10)11(15)13-5-1-2-8-3-4-8/h7-8H,1-6,12H2,(H,13,15). The second kappa shape index (κ2) is 5.41. The SMILES string of the molecule is NCc1nc(C(=O)NCCCC2CC2)cs1. The summed E-state index contributed by atoms with van der Waals surface area (Å²) in [7, 11) is 0. The molecule has 4 nitrogen and oxygen atoms in total. The predicted molar refractivity (Wildman–Crippen MR) is 64.3 cm³/mol. The van der Waals surface area contributed by atoms with Crippen molar-refractivity contribution in [1.82, 2.24) is 10.3 Å². The van der Waals surface area contributed by atoms with Crippen LogP contribution in [0, 0.1) is 5.92 Å². The molecule has 0 bridgehead atoms. The number of rotatable bonds is 6. The lowest BCUT2D eigenvalue weighted by atomic mass is 10.2. The monoisotopic (exact) mass is 239 g/mol. The van der Waals surface area contributed by atoms with E-state index in [9.17, 15) is 4.79 Å². The van der Waals surface area contributed by atoms with E-state index < -0.39 is 0 Å². The second-order valence-corrected chi connectivity index (χ2v) is 5.11. The first-order valence-corrected chi connectivity index (χ1v) is 6.60. The Bertz CT molecular complexity index is 360. The van der Waals surface area contributed by atoms with E-state index in [0.717, 1.165) is 23.9 Å². The average molecular weight is 239 g/mol. The number of nitrogens with zero attached hydrogens (tertiary/aromatic N) is 1. The summed E-state index contributed by atoms with van der Waals surface area (Å²) in [6.45, 7) is 1.16. The molecular formula is C11H17N3OS. The molecule has 0 atom stereocenters. The van der Waals surface area contributed by atoms with Gasteiger partial charge in [-0.25, -0.2) is 4.98 Å². The number of hydrogen-bond donors (Lipinski definition) is 2. The molecular weight excluding hydrogens is 222 g/mol. The van der Waals surface area contributed by atoms with Crippen LogP contribution in [0.3, 0.4) is 0 Å². The molecule has 0 saturated heterocycles. The molecule has 1 aromatic rings. The zero-order chi connectivity index (χ0) is 11.4. The maximum Gasteiger partial charge on any atom is 0.270 e. The number of nitrogens with one attached hydrogen (secondary N) is 1. The molecule has 88 valence electrons. The number of carbonyl (C=O) groups is 1. The number of aromatic nitrogens is 1. The van der Waals surface area contributed by atoms with Crippen LogP contribution >= 0.6 is 11.3 Å². The fourth-order valence-electron chi connectivity index (χ4n) is 1.60. The van der Waals surface area contributed by atoms with Crippen molar-refractivity contribution < 1.29 is 4.79 Å². The van der Waals surface area contributed by atoms with Gasteiger partial charge in [-0.05, 0) is 18.8 Å². The third-order valence-corrected chi connectivity index (χ3v) is 3.60. The van der Waals surface area contributed by atoms with Crippen LogP contribution in [0.1, 0.15) is 41.2 Å². The predicted octanol–water partition coefficient (Wildman–Crippen LogP) is 1.52. The van der Waals surface area contributed by atoms with Crippen LogP contribution in [0.25, 0.3) is 0 Å². The molecule has 1 aromatic heterocycles. The van der Waals surface area contributed by atoms with Gasteiger partial charge in [0.15, 0.2) is 0 Å². The smallest absolute Gasteiger partial charge is 0.270 e. The lowest BCUT2D eigenvalue weighted by Gasteiger charge is -2.02. The van der Waals surface area contributed by atoms with E-state index in [-0.39, 0.29) is 5.91 Å². The lowest BCUT2D eigenvalue weighted by Crippen LogP contribution is -2.24. The summed E-state index contributed by atoms with van der Waals surface area (Å²) in [6, 6.07) is 0. The van der Waals surface area contributed by atoms with E-state index in [0.29, 0.717) is 12.2 Å². The summed E-state index contributed by atoms with van der Waals surface area (Å²) in [5.41, 5.74) is 5.94. The summed E-state index contributed by atoms with van der Waals surface area (Å²) < 4.78 is 0. The fourth-order valence-corrected chi connectivity index (χ4v) is 2.25. The summed E-state index contributed by atoms with van der Waals surface area (Å²) in [5, 5.41) is 5.45. The Labute approximate surface area is 99.3 Å². The Hall–Kier alpha value is -0.940. The second-order valence-electron chi connectivity index (χ2n) is 4.17. The average Bonchev–Trinajstić information content (AvgIpc) is 2.99. The summed E-state index contributed by atoms with van der Waals surface area (Å²) in [4.78, 5) is 15.8. The molecule has 1 aliphatic rings. The molecule has 16 heavy (non-hydrogen) atoms. The van der Waals surface area contributed by atoms with Crippen LogP contribution < -0.4 is 11.1 Å². The molecule has 2 rings (SSSR count). The van der Waals surface area contributed by atoms with Gasteiger partial charge in [0, 0.05) is 18.5 Å². The summed E-state index contributed by atoms with van der Waals surface area (Å²) in [6.07, 6.45) is 5.06. The van der Waals surface area contributed by atoms with Crippen LogP contribution in [-0.4, -0.2) is 17.4 Å². The highest BCUT2D eigenvalue weighted by Gasteiger charge is 2.20. The lowest BCUT2D eigenvalue weighted by molar-refractivity contribution is 0.0948. The number of hydrogen-bond acceptors (Lipinski definition) is 4. The Balaban J connectivity index is 1.69. The first kappa shape index (κ1) is 11.5. The van der Waals surface area contributed by atoms with Crippen molar-refractivity contribution in [3.8, 4) is 0 Å². The van der Waals surface area contributed by atoms with Crippen LogP contribution in [0.15, 0.2) is 5.38 Å². The summed E-state index contributed by atoms with van der Waals surface area (Å²) in [5.74, 6) is 0.853. The van der Waals surface area contributed by atoms with Crippen molar-refractivity contribution in [3.05, 3.63) is 16.1 Å². The minimum atomic E-state index is -0.0771. The normalized spacial score (nSPS) is 15.1. The molecule has 3 N–H and O–H groups in total. The van der Waals surface area contributed by atoms with Crippen LogP contribution in [0.2, 0.25) is 0 Å². The molecule has 0 spiro atoms. The highest BCUT2D eigenvalue weighted by atomic mass is 32.1. The number of amides is 1. The molecule has 0 radical (unpaired) electrons. The molecule has 1 heterocycles. The Morgan fingerprint density at radius 1 is 1.62 bits per heavy atom. The van der Waals surface area contributed by atoms with E-state index in [4.69, 9.17) is 5.73 Å². The zero-order valence-electron chi connectivity index (χ0n) is 9.24. The fraction of sp³-hybridized carbons (Fsp3) is 0.636. The van der Waals surface area contributed by atoms with Gasteiger partial charge in [0.2, 0.25) is 0 Å². The van der Waals surface area contributed by atoms with E-state index in [1.807, 2.05) is 0 Å². The minimum absolute atomic E-state index is 0.0771. The Morgan fingerprint density at radius 2 is 2.44 bits per heavy atom. The van der Waals surface area contributed by atoms with Gasteiger partial charge in [0.25, 0.3) is 5.91 Å². The van der Waals surface area contributed by atoms with E-state index in [1.165, 1.54) is 30.6 Å². The van der Waals surface area contributed by atoms with Crippen molar-refractivity contribution in [1.29, 1.82) is 0 Å². The molecule has 1 amide bonds. The third kappa shape index (κ3) is 3.28. The molecule has 1 saturated carbocycles. The van der Waals surface area contributed by atoms with Gasteiger partial charge in [-0.2, -0.15) is 0 Å². The maximum atomic E-state index is 11.6.